The first-order valence-electron chi connectivity index (χ1n) is 14.4. The summed E-state index contributed by atoms with van der Waals surface area (Å²) in [7, 11) is 0. The Labute approximate surface area is 249 Å². The fourth-order valence-electron chi connectivity index (χ4n) is 4.60. The molecule has 0 aliphatic carbocycles. The minimum Gasteiger partial charge on any atom is -0.489 e. The first-order valence-corrected chi connectivity index (χ1v) is 14.4. The topological polar surface area (TPSA) is 68.2 Å². The van der Waals surface area contributed by atoms with Crippen LogP contribution in [0.3, 0.4) is 0 Å². The lowest BCUT2D eigenvalue weighted by atomic mass is 9.85. The van der Waals surface area contributed by atoms with Gasteiger partial charge in [0.05, 0.1) is 19.8 Å². The molecule has 1 saturated heterocycles. The second kappa shape index (κ2) is 14.2. The van der Waals surface area contributed by atoms with Crippen LogP contribution in [0, 0.1) is 18.8 Å². The van der Waals surface area contributed by atoms with E-state index in [-0.39, 0.29) is 5.41 Å². The number of carboxylic acids is 1. The lowest BCUT2D eigenvalue weighted by molar-refractivity contribution is -0.144. The van der Waals surface area contributed by atoms with Crippen molar-refractivity contribution in [2.24, 2.45) is 0 Å². The van der Waals surface area contributed by atoms with Crippen molar-refractivity contribution in [1.29, 1.82) is 0 Å². The van der Waals surface area contributed by atoms with Gasteiger partial charge in [0, 0.05) is 18.7 Å². The fraction of sp³-hybridized carbons (Fsp3) is 0.361. The van der Waals surface area contributed by atoms with Crippen LogP contribution < -0.4 is 9.47 Å². The van der Waals surface area contributed by atoms with Gasteiger partial charge in [0.1, 0.15) is 18.1 Å². The van der Waals surface area contributed by atoms with Crippen LogP contribution in [0.2, 0.25) is 0 Å². The van der Waals surface area contributed by atoms with E-state index in [0.717, 1.165) is 60.7 Å². The highest BCUT2D eigenvalue weighted by Gasteiger charge is 2.15. The highest BCUT2D eigenvalue weighted by molar-refractivity contribution is 5.80. The molecule has 0 saturated carbocycles. The maximum absolute atomic E-state index is 11.1. The van der Waals surface area contributed by atoms with Gasteiger partial charge in [-0.15, -0.1) is 0 Å². The average Bonchev–Trinajstić information content (AvgIpc) is 2.97. The smallest absolute Gasteiger partial charge is 0.344 e. The molecule has 0 radical (unpaired) electrons. The molecule has 0 bridgehead atoms. The Hall–Kier alpha value is -4.05. The second-order valence-corrected chi connectivity index (χ2v) is 11.5. The molecule has 4 rings (SSSR count). The standard InChI is InChI=1S/C36H41NO5/c1-26-25-32(16-17-34(26)42-27(2)35(38)39)41-22-18-33(30-12-14-31(15-13-30)36(3,4)5)29-10-8-28(9-11-29)7-6-19-37-20-23-40-24-21-37/h8-18,25,27H,19-24H2,1-5H3,(H,38,39). The lowest BCUT2D eigenvalue weighted by Crippen LogP contribution is -2.36. The number of rotatable bonds is 9. The number of hydrogen-bond acceptors (Lipinski definition) is 5. The normalized spacial score (nSPS) is 14.9. The first kappa shape index (κ1) is 30.9. The van der Waals surface area contributed by atoms with E-state index < -0.39 is 12.1 Å². The Kier molecular flexibility index (Phi) is 10.5. The molecule has 1 heterocycles. The molecule has 0 aromatic heterocycles. The van der Waals surface area contributed by atoms with Crippen molar-refractivity contribution in [3.05, 3.63) is 101 Å². The van der Waals surface area contributed by atoms with Crippen molar-refractivity contribution >= 4 is 11.5 Å². The number of nitrogens with zero attached hydrogens (tertiary/aromatic N) is 1. The highest BCUT2D eigenvalue weighted by Crippen LogP contribution is 2.29. The van der Waals surface area contributed by atoms with Gasteiger partial charge in [0.25, 0.3) is 0 Å². The summed E-state index contributed by atoms with van der Waals surface area (Å²) in [6, 6.07) is 22.5. The van der Waals surface area contributed by atoms with Gasteiger partial charge in [0.2, 0.25) is 0 Å². The SMILES string of the molecule is Cc1cc(OCC=C(c2ccc(C#CCN3CCOCC3)cc2)c2ccc(C(C)(C)C)cc2)ccc1OC(C)C(=O)O. The Bertz CT molecular complexity index is 1430. The second-order valence-electron chi connectivity index (χ2n) is 11.5. The molecule has 3 aromatic carbocycles. The van der Waals surface area contributed by atoms with E-state index in [9.17, 15) is 4.79 Å². The van der Waals surface area contributed by atoms with Crippen LogP contribution >= 0.6 is 0 Å². The third-order valence-electron chi connectivity index (χ3n) is 7.23. The van der Waals surface area contributed by atoms with Crippen molar-refractivity contribution < 1.29 is 24.1 Å². The number of carbonyl (C=O) groups is 1. The van der Waals surface area contributed by atoms with Gasteiger partial charge in [-0.3, -0.25) is 4.90 Å². The number of ether oxygens (including phenoxy) is 3. The number of benzene rings is 3. The van der Waals surface area contributed by atoms with Crippen LogP contribution in [0.5, 0.6) is 11.5 Å². The fourth-order valence-corrected chi connectivity index (χ4v) is 4.60. The van der Waals surface area contributed by atoms with Gasteiger partial charge < -0.3 is 19.3 Å². The summed E-state index contributed by atoms with van der Waals surface area (Å²) in [5.74, 6) is 6.80. The molecule has 1 fully saturated rings. The van der Waals surface area contributed by atoms with Gasteiger partial charge in [-0.05, 0) is 83.5 Å². The van der Waals surface area contributed by atoms with Gasteiger partial charge in [-0.1, -0.05) is 69.0 Å². The Morgan fingerprint density at radius 2 is 1.67 bits per heavy atom. The maximum Gasteiger partial charge on any atom is 0.344 e. The van der Waals surface area contributed by atoms with Crippen molar-refractivity contribution in [1.82, 2.24) is 4.90 Å². The lowest BCUT2D eigenvalue weighted by Gasteiger charge is -2.24. The third kappa shape index (κ3) is 8.72. The predicted molar refractivity (Wildman–Crippen MR) is 167 cm³/mol. The molecule has 1 aliphatic rings. The number of hydrogen-bond donors (Lipinski definition) is 1. The van der Waals surface area contributed by atoms with Crippen LogP contribution in [0.15, 0.2) is 72.8 Å². The summed E-state index contributed by atoms with van der Waals surface area (Å²) >= 11 is 0. The van der Waals surface area contributed by atoms with E-state index in [2.05, 4.69) is 92.1 Å². The molecular weight excluding hydrogens is 526 g/mol. The maximum atomic E-state index is 11.1. The minimum absolute atomic E-state index is 0.0725. The van der Waals surface area contributed by atoms with Crippen molar-refractivity contribution in [2.45, 2.75) is 46.1 Å². The van der Waals surface area contributed by atoms with E-state index in [4.69, 9.17) is 19.3 Å². The number of aliphatic carboxylic acids is 1. The van der Waals surface area contributed by atoms with Crippen molar-refractivity contribution in [3.8, 4) is 23.3 Å². The van der Waals surface area contributed by atoms with Crippen LogP contribution in [-0.2, 0) is 14.9 Å². The average molecular weight is 568 g/mol. The zero-order chi connectivity index (χ0) is 30.1. The Morgan fingerprint density at radius 3 is 2.26 bits per heavy atom. The summed E-state index contributed by atoms with van der Waals surface area (Å²) in [4.78, 5) is 13.5. The molecule has 1 aliphatic heterocycles. The van der Waals surface area contributed by atoms with Crippen LogP contribution in [0.1, 0.15) is 55.5 Å². The summed E-state index contributed by atoms with van der Waals surface area (Å²) in [5.41, 5.74) is 6.43. The van der Waals surface area contributed by atoms with Crippen LogP contribution in [0.25, 0.3) is 5.57 Å². The molecule has 1 atom stereocenters. The van der Waals surface area contributed by atoms with Gasteiger partial charge in [-0.25, -0.2) is 4.79 Å². The third-order valence-corrected chi connectivity index (χ3v) is 7.23. The Morgan fingerprint density at radius 1 is 1.02 bits per heavy atom. The van der Waals surface area contributed by atoms with E-state index in [1.807, 2.05) is 13.0 Å². The molecular formula is C36H41NO5. The quantitative estimate of drug-likeness (QED) is 0.305. The predicted octanol–water partition coefficient (Wildman–Crippen LogP) is 6.34. The number of aryl methyl sites for hydroxylation is 1. The van der Waals surface area contributed by atoms with Gasteiger partial charge >= 0.3 is 5.97 Å². The molecule has 1 unspecified atom stereocenters. The molecule has 0 amide bonds. The van der Waals surface area contributed by atoms with Gasteiger partial charge in [-0.2, -0.15) is 0 Å². The summed E-state index contributed by atoms with van der Waals surface area (Å²) in [5, 5.41) is 9.13. The van der Waals surface area contributed by atoms with Crippen LogP contribution in [0.4, 0.5) is 0 Å². The van der Waals surface area contributed by atoms with E-state index >= 15 is 0 Å². The number of carboxylic acid groups (broad SMARTS) is 1. The molecule has 6 nitrogen and oxygen atoms in total. The molecule has 3 aromatic rings. The summed E-state index contributed by atoms with van der Waals surface area (Å²) in [6.07, 6.45) is 1.17. The molecule has 0 spiro atoms. The van der Waals surface area contributed by atoms with Gasteiger partial charge in [0.15, 0.2) is 6.10 Å². The molecule has 6 heteroatoms. The summed E-state index contributed by atoms with van der Waals surface area (Å²) in [6.45, 7) is 14.6. The van der Waals surface area contributed by atoms with E-state index in [1.165, 1.54) is 12.5 Å². The van der Waals surface area contributed by atoms with Crippen LogP contribution in [-0.4, -0.2) is 61.5 Å². The Balaban J connectivity index is 1.51. The monoisotopic (exact) mass is 567 g/mol. The first-order chi connectivity index (χ1) is 20.1. The van der Waals surface area contributed by atoms with Crippen molar-refractivity contribution in [2.75, 3.05) is 39.5 Å². The molecule has 220 valence electrons. The largest absolute Gasteiger partial charge is 0.489 e. The minimum atomic E-state index is -1.00. The molecule has 1 N–H and O–H groups in total. The zero-order valence-corrected chi connectivity index (χ0v) is 25.3. The molecule has 42 heavy (non-hydrogen) atoms. The van der Waals surface area contributed by atoms with E-state index in [1.54, 1.807) is 12.1 Å². The highest BCUT2D eigenvalue weighted by atomic mass is 16.5. The van der Waals surface area contributed by atoms with E-state index in [0.29, 0.717) is 18.1 Å². The summed E-state index contributed by atoms with van der Waals surface area (Å²) < 4.78 is 17.0. The van der Waals surface area contributed by atoms with Crippen molar-refractivity contribution in [3.63, 3.8) is 0 Å². The zero-order valence-electron chi connectivity index (χ0n) is 25.3. The number of morpholine rings is 1.